The Morgan fingerprint density at radius 2 is 1.67 bits per heavy atom. The second kappa shape index (κ2) is 6.10. The molecule has 0 aliphatic carbocycles. The van der Waals surface area contributed by atoms with Crippen molar-refractivity contribution in [2.24, 2.45) is 0 Å². The highest BCUT2D eigenvalue weighted by atomic mass is 79.9. The molecule has 0 saturated carbocycles. The van der Waals surface area contributed by atoms with E-state index in [-0.39, 0.29) is 5.69 Å². The molecular weight excluding hydrogens is 343 g/mol. The van der Waals surface area contributed by atoms with Gasteiger partial charge in [0.15, 0.2) is 0 Å². The molecule has 0 unspecified atom stereocenters. The van der Waals surface area contributed by atoms with Gasteiger partial charge in [0.05, 0.1) is 5.56 Å². The first kappa shape index (κ1) is 15.9. The molecule has 2 aromatic rings. The smallest absolute Gasteiger partial charge is 0.380 e. The number of aryl methyl sites for hydroxylation is 2. The minimum absolute atomic E-state index is 0.0911. The van der Waals surface area contributed by atoms with Crippen molar-refractivity contribution in [3.63, 3.8) is 0 Å². The number of hydrogen-bond donors (Lipinski definition) is 1. The molecule has 0 aromatic heterocycles. The summed E-state index contributed by atoms with van der Waals surface area (Å²) >= 11 is 3.08. The van der Waals surface area contributed by atoms with E-state index in [0.29, 0.717) is 11.0 Å². The van der Waals surface area contributed by atoms with Gasteiger partial charge in [-0.2, -0.15) is 13.2 Å². The third kappa shape index (κ3) is 3.79. The molecule has 0 aliphatic rings. The standard InChI is InChI=1S/C16H15BrF3N/c1-10-4-3-5-11(2)13(10)9-21-15-7-6-12(17)8-14(15)16(18,19)20/h3-8,21H,9H2,1-2H3. The lowest BCUT2D eigenvalue weighted by atomic mass is 10.0. The van der Waals surface area contributed by atoms with Crippen LogP contribution in [0.4, 0.5) is 18.9 Å². The van der Waals surface area contributed by atoms with Crippen molar-refractivity contribution < 1.29 is 13.2 Å². The van der Waals surface area contributed by atoms with E-state index < -0.39 is 11.7 Å². The van der Waals surface area contributed by atoms with Gasteiger partial charge in [0.1, 0.15) is 0 Å². The summed E-state index contributed by atoms with van der Waals surface area (Å²) in [5.41, 5.74) is 2.58. The molecule has 0 bridgehead atoms. The molecule has 0 atom stereocenters. The number of rotatable bonds is 3. The normalized spacial score (nSPS) is 11.5. The maximum Gasteiger partial charge on any atom is 0.418 e. The predicted octanol–water partition coefficient (Wildman–Crippen LogP) is 5.70. The van der Waals surface area contributed by atoms with Crippen LogP contribution in [0.25, 0.3) is 0 Å². The Labute approximate surface area is 130 Å². The van der Waals surface area contributed by atoms with Crippen molar-refractivity contribution in [2.75, 3.05) is 5.32 Å². The van der Waals surface area contributed by atoms with Crippen LogP contribution in [0.2, 0.25) is 0 Å². The van der Waals surface area contributed by atoms with Crippen molar-refractivity contribution in [2.45, 2.75) is 26.6 Å². The number of anilines is 1. The monoisotopic (exact) mass is 357 g/mol. The average molecular weight is 358 g/mol. The Bertz CT molecular complexity index is 630. The predicted molar refractivity (Wildman–Crippen MR) is 82.4 cm³/mol. The molecule has 0 radical (unpaired) electrons. The minimum atomic E-state index is -4.38. The van der Waals surface area contributed by atoms with Gasteiger partial charge in [-0.25, -0.2) is 0 Å². The van der Waals surface area contributed by atoms with E-state index in [1.165, 1.54) is 6.07 Å². The van der Waals surface area contributed by atoms with E-state index in [2.05, 4.69) is 21.2 Å². The summed E-state index contributed by atoms with van der Waals surface area (Å²) in [7, 11) is 0. The molecule has 5 heteroatoms. The lowest BCUT2D eigenvalue weighted by molar-refractivity contribution is -0.137. The quantitative estimate of drug-likeness (QED) is 0.743. The van der Waals surface area contributed by atoms with Crippen LogP contribution in [0.15, 0.2) is 40.9 Å². The third-order valence-electron chi connectivity index (χ3n) is 3.39. The van der Waals surface area contributed by atoms with Gasteiger partial charge in [-0.05, 0) is 48.7 Å². The first-order valence-electron chi connectivity index (χ1n) is 6.45. The van der Waals surface area contributed by atoms with E-state index in [1.807, 2.05) is 32.0 Å². The molecule has 1 N–H and O–H groups in total. The molecular formula is C16H15BrF3N. The van der Waals surface area contributed by atoms with Gasteiger partial charge in [0.25, 0.3) is 0 Å². The van der Waals surface area contributed by atoms with Crippen molar-refractivity contribution in [1.29, 1.82) is 0 Å². The van der Waals surface area contributed by atoms with E-state index in [4.69, 9.17) is 0 Å². The molecule has 0 amide bonds. The summed E-state index contributed by atoms with van der Waals surface area (Å²) in [6, 6.07) is 9.98. The molecule has 2 aromatic carbocycles. The highest BCUT2D eigenvalue weighted by Crippen LogP contribution is 2.36. The van der Waals surface area contributed by atoms with Gasteiger partial charge in [0.2, 0.25) is 0 Å². The first-order chi connectivity index (χ1) is 9.79. The van der Waals surface area contributed by atoms with Crippen LogP contribution in [0.3, 0.4) is 0 Å². The molecule has 0 saturated heterocycles. The fraction of sp³-hybridized carbons (Fsp3) is 0.250. The zero-order valence-electron chi connectivity index (χ0n) is 11.7. The maximum absolute atomic E-state index is 13.1. The molecule has 21 heavy (non-hydrogen) atoms. The van der Waals surface area contributed by atoms with Gasteiger partial charge in [-0.1, -0.05) is 34.1 Å². The molecule has 112 valence electrons. The molecule has 2 rings (SSSR count). The average Bonchev–Trinajstić information content (AvgIpc) is 2.38. The summed E-state index contributed by atoms with van der Waals surface area (Å²) < 4.78 is 39.6. The van der Waals surface area contributed by atoms with E-state index in [0.717, 1.165) is 22.8 Å². The van der Waals surface area contributed by atoms with Gasteiger partial charge in [-0.15, -0.1) is 0 Å². The Morgan fingerprint density at radius 3 is 2.24 bits per heavy atom. The first-order valence-corrected chi connectivity index (χ1v) is 7.24. The van der Waals surface area contributed by atoms with Crippen LogP contribution in [0, 0.1) is 13.8 Å². The van der Waals surface area contributed by atoms with Crippen LogP contribution in [0.5, 0.6) is 0 Å². The van der Waals surface area contributed by atoms with Crippen molar-refractivity contribution in [1.82, 2.24) is 0 Å². The zero-order chi connectivity index (χ0) is 15.6. The fourth-order valence-electron chi connectivity index (χ4n) is 2.22. The van der Waals surface area contributed by atoms with E-state index in [1.54, 1.807) is 6.07 Å². The third-order valence-corrected chi connectivity index (χ3v) is 3.88. The van der Waals surface area contributed by atoms with Crippen LogP contribution in [0.1, 0.15) is 22.3 Å². The summed E-state index contributed by atoms with van der Waals surface area (Å²) in [5.74, 6) is 0. The Hall–Kier alpha value is -1.49. The number of halogens is 4. The summed E-state index contributed by atoms with van der Waals surface area (Å²) in [6.07, 6.45) is -4.38. The molecule has 1 nitrogen and oxygen atoms in total. The SMILES string of the molecule is Cc1cccc(C)c1CNc1ccc(Br)cc1C(F)(F)F. The van der Waals surface area contributed by atoms with Crippen molar-refractivity contribution in [3.8, 4) is 0 Å². The number of benzene rings is 2. The largest absolute Gasteiger partial charge is 0.418 e. The second-order valence-electron chi connectivity index (χ2n) is 4.91. The highest BCUT2D eigenvalue weighted by molar-refractivity contribution is 9.10. The van der Waals surface area contributed by atoms with Crippen LogP contribution in [-0.2, 0) is 12.7 Å². The minimum Gasteiger partial charge on any atom is -0.380 e. The van der Waals surface area contributed by atoms with Gasteiger partial charge in [-0.3, -0.25) is 0 Å². The van der Waals surface area contributed by atoms with Gasteiger partial charge >= 0.3 is 6.18 Å². The topological polar surface area (TPSA) is 12.0 Å². The van der Waals surface area contributed by atoms with Crippen molar-refractivity contribution >= 4 is 21.6 Å². The molecule has 0 fully saturated rings. The molecule has 0 spiro atoms. The zero-order valence-corrected chi connectivity index (χ0v) is 13.3. The fourth-order valence-corrected chi connectivity index (χ4v) is 2.58. The van der Waals surface area contributed by atoms with Crippen LogP contribution >= 0.6 is 15.9 Å². The van der Waals surface area contributed by atoms with Gasteiger partial charge < -0.3 is 5.32 Å². The van der Waals surface area contributed by atoms with E-state index >= 15 is 0 Å². The summed E-state index contributed by atoms with van der Waals surface area (Å²) in [6.45, 7) is 4.27. The summed E-state index contributed by atoms with van der Waals surface area (Å²) in [5, 5.41) is 2.90. The lowest BCUT2D eigenvalue weighted by Gasteiger charge is -2.17. The van der Waals surface area contributed by atoms with E-state index in [9.17, 15) is 13.2 Å². The number of hydrogen-bond acceptors (Lipinski definition) is 1. The summed E-state index contributed by atoms with van der Waals surface area (Å²) in [4.78, 5) is 0. The Kier molecular flexibility index (Phi) is 4.61. The molecule has 0 aliphatic heterocycles. The maximum atomic E-state index is 13.1. The van der Waals surface area contributed by atoms with Gasteiger partial charge in [0, 0.05) is 16.7 Å². The highest BCUT2D eigenvalue weighted by Gasteiger charge is 2.33. The van der Waals surface area contributed by atoms with Crippen LogP contribution < -0.4 is 5.32 Å². The Balaban J connectivity index is 2.29. The molecule has 0 heterocycles. The number of alkyl halides is 3. The van der Waals surface area contributed by atoms with Crippen LogP contribution in [-0.4, -0.2) is 0 Å². The second-order valence-corrected chi connectivity index (χ2v) is 5.83. The van der Waals surface area contributed by atoms with Crippen molar-refractivity contribution in [3.05, 3.63) is 63.1 Å². The number of nitrogens with one attached hydrogen (secondary N) is 1. The lowest BCUT2D eigenvalue weighted by Crippen LogP contribution is -2.11. The Morgan fingerprint density at radius 1 is 1.05 bits per heavy atom.